The number of imidazole rings is 1. The van der Waals surface area contributed by atoms with Gasteiger partial charge in [0.25, 0.3) is 0 Å². The summed E-state index contributed by atoms with van der Waals surface area (Å²) in [7, 11) is 0. The standard InChI is InChI=1S/C30H30ClFN6O5/c1-2-41-25-13-20(30(39)40)12-24-29(25)35-27(38(24)15-22-8-11-42-22)16-37-10-9-36(18-33-37)26-4-3-5-28(34-26)43-17-19-6-7-21(31)14-23(19)32/h3-7,12-14,18,22H,2,8-11,15-17H2,1H3,(H,39,40)/t22-/m0/s1. The average Bonchev–Trinajstić information content (AvgIpc) is 3.32. The lowest BCUT2D eigenvalue weighted by atomic mass is 10.1. The van der Waals surface area contributed by atoms with Crippen LogP contribution in [-0.4, -0.2) is 69.4 Å². The lowest BCUT2D eigenvalue weighted by Crippen LogP contribution is -2.38. The molecule has 0 bridgehead atoms. The van der Waals surface area contributed by atoms with Crippen LogP contribution >= 0.6 is 11.6 Å². The van der Waals surface area contributed by atoms with Gasteiger partial charge in [0.15, 0.2) is 0 Å². The molecular formula is C30H30ClFN6O5. The summed E-state index contributed by atoms with van der Waals surface area (Å²) in [5, 5.41) is 16.6. The second-order valence-corrected chi connectivity index (χ2v) is 10.6. The monoisotopic (exact) mass is 608 g/mol. The van der Waals surface area contributed by atoms with Crippen LogP contribution in [-0.2, 0) is 24.4 Å². The van der Waals surface area contributed by atoms with E-state index in [1.54, 1.807) is 30.6 Å². The van der Waals surface area contributed by atoms with Gasteiger partial charge in [-0.05, 0) is 43.7 Å². The fraction of sp³-hybridized carbons (Fsp3) is 0.333. The molecule has 2 aromatic heterocycles. The third kappa shape index (κ3) is 6.35. The number of aromatic carboxylic acids is 1. The van der Waals surface area contributed by atoms with Crippen LogP contribution in [0.2, 0.25) is 5.02 Å². The van der Waals surface area contributed by atoms with E-state index in [2.05, 4.69) is 10.1 Å². The van der Waals surface area contributed by atoms with Crippen LogP contribution in [0.25, 0.3) is 11.0 Å². The lowest BCUT2D eigenvalue weighted by Gasteiger charge is -2.30. The van der Waals surface area contributed by atoms with E-state index in [0.717, 1.165) is 12.2 Å². The van der Waals surface area contributed by atoms with Crippen molar-refractivity contribution in [3.8, 4) is 11.6 Å². The molecule has 224 valence electrons. The Bertz CT molecular complexity index is 1680. The van der Waals surface area contributed by atoms with Gasteiger partial charge in [-0.2, -0.15) is 10.1 Å². The number of fused-ring (bicyclic) bond motifs is 1. The molecule has 4 heterocycles. The molecule has 1 saturated heterocycles. The molecule has 6 rings (SSSR count). The summed E-state index contributed by atoms with van der Waals surface area (Å²) in [6.45, 7) is 5.12. The zero-order valence-electron chi connectivity index (χ0n) is 23.4. The van der Waals surface area contributed by atoms with Crippen LogP contribution in [0.5, 0.6) is 11.6 Å². The summed E-state index contributed by atoms with van der Waals surface area (Å²) < 4.78 is 33.4. The number of ether oxygens (including phenoxy) is 3. The summed E-state index contributed by atoms with van der Waals surface area (Å²) in [6.07, 6.45) is 2.67. The lowest BCUT2D eigenvalue weighted by molar-refractivity contribution is -0.0592. The molecule has 2 aromatic carbocycles. The third-order valence-electron chi connectivity index (χ3n) is 7.30. The number of aromatic nitrogens is 3. The molecule has 0 radical (unpaired) electrons. The van der Waals surface area contributed by atoms with Crippen molar-refractivity contribution < 1.29 is 28.5 Å². The maximum atomic E-state index is 14.1. The second kappa shape index (κ2) is 12.4. The van der Waals surface area contributed by atoms with E-state index in [0.29, 0.717) is 78.5 Å². The van der Waals surface area contributed by atoms with Crippen molar-refractivity contribution in [2.24, 2.45) is 5.10 Å². The molecule has 0 amide bonds. The Morgan fingerprint density at radius 2 is 2.02 bits per heavy atom. The maximum absolute atomic E-state index is 14.1. The molecular weight excluding hydrogens is 579 g/mol. The highest BCUT2D eigenvalue weighted by molar-refractivity contribution is 6.30. The van der Waals surface area contributed by atoms with Crippen LogP contribution in [0.3, 0.4) is 0 Å². The van der Waals surface area contributed by atoms with Gasteiger partial charge in [0, 0.05) is 29.8 Å². The highest BCUT2D eigenvalue weighted by Gasteiger charge is 2.25. The Balaban J connectivity index is 1.19. The summed E-state index contributed by atoms with van der Waals surface area (Å²) in [5.74, 6) is 0.722. The Kier molecular flexibility index (Phi) is 8.30. The van der Waals surface area contributed by atoms with E-state index in [1.165, 1.54) is 12.1 Å². The largest absolute Gasteiger partial charge is 0.492 e. The summed E-state index contributed by atoms with van der Waals surface area (Å²) in [5.41, 5.74) is 1.83. The average molecular weight is 609 g/mol. The van der Waals surface area contributed by atoms with Crippen LogP contribution in [0.15, 0.2) is 53.6 Å². The number of carbonyl (C=O) groups is 1. The van der Waals surface area contributed by atoms with E-state index >= 15 is 0 Å². The Morgan fingerprint density at radius 1 is 1.16 bits per heavy atom. The quantitative estimate of drug-likeness (QED) is 0.252. The SMILES string of the molecule is CCOc1cc(C(=O)O)cc2c1nc(CN1CCN(c3cccc(OCc4ccc(Cl)cc4F)n3)C=N1)n2C[C@@H]1CCO1. The highest BCUT2D eigenvalue weighted by Crippen LogP contribution is 2.31. The number of hydrogen-bond acceptors (Lipinski definition) is 9. The van der Waals surface area contributed by atoms with E-state index in [4.69, 9.17) is 30.8 Å². The smallest absolute Gasteiger partial charge is 0.335 e. The molecule has 13 heteroatoms. The Labute approximate surface area is 252 Å². The molecule has 0 unspecified atom stereocenters. The van der Waals surface area contributed by atoms with Gasteiger partial charge in [0.05, 0.1) is 43.4 Å². The van der Waals surface area contributed by atoms with Crippen LogP contribution in [0.1, 0.15) is 35.1 Å². The Morgan fingerprint density at radius 3 is 2.72 bits per heavy atom. The number of rotatable bonds is 11. The first-order chi connectivity index (χ1) is 20.9. The zero-order chi connectivity index (χ0) is 29.9. The van der Waals surface area contributed by atoms with Gasteiger partial charge in [-0.1, -0.05) is 23.7 Å². The molecule has 0 spiro atoms. The Hall–Kier alpha value is -4.42. The van der Waals surface area contributed by atoms with E-state index in [9.17, 15) is 14.3 Å². The number of hydrogen-bond donors (Lipinski definition) is 1. The van der Waals surface area contributed by atoms with Gasteiger partial charge >= 0.3 is 5.97 Å². The molecule has 43 heavy (non-hydrogen) atoms. The molecule has 1 N–H and O–H groups in total. The fourth-order valence-corrected chi connectivity index (χ4v) is 5.11. The van der Waals surface area contributed by atoms with E-state index in [1.807, 2.05) is 33.5 Å². The van der Waals surface area contributed by atoms with Gasteiger partial charge < -0.3 is 28.8 Å². The van der Waals surface area contributed by atoms with E-state index in [-0.39, 0.29) is 18.3 Å². The molecule has 2 aliphatic heterocycles. The van der Waals surface area contributed by atoms with Crippen LogP contribution in [0.4, 0.5) is 10.2 Å². The number of halogens is 2. The van der Waals surface area contributed by atoms with Crippen molar-refractivity contribution in [3.63, 3.8) is 0 Å². The van der Waals surface area contributed by atoms with Gasteiger partial charge in [-0.15, -0.1) is 0 Å². The van der Waals surface area contributed by atoms with Crippen LogP contribution in [0, 0.1) is 5.82 Å². The molecule has 4 aromatic rings. The molecule has 0 aliphatic carbocycles. The first-order valence-corrected chi connectivity index (χ1v) is 14.4. The molecule has 11 nitrogen and oxygen atoms in total. The van der Waals surface area contributed by atoms with E-state index < -0.39 is 11.8 Å². The summed E-state index contributed by atoms with van der Waals surface area (Å²) in [6, 6.07) is 13.0. The first kappa shape index (κ1) is 28.7. The number of nitrogens with zero attached hydrogens (tertiary/aromatic N) is 6. The minimum absolute atomic E-state index is 0.0210. The van der Waals surface area contributed by atoms with Crippen molar-refractivity contribution in [1.82, 2.24) is 19.5 Å². The number of carboxylic acid groups (broad SMARTS) is 1. The molecule has 1 atom stereocenters. The second-order valence-electron chi connectivity index (χ2n) is 10.2. The van der Waals surface area contributed by atoms with Crippen LogP contribution < -0.4 is 14.4 Å². The number of benzene rings is 2. The van der Waals surface area contributed by atoms with Crippen molar-refractivity contribution >= 4 is 40.8 Å². The van der Waals surface area contributed by atoms with Crippen molar-refractivity contribution in [3.05, 3.63) is 76.3 Å². The normalized spacial score (nSPS) is 16.4. The predicted molar refractivity (Wildman–Crippen MR) is 158 cm³/mol. The first-order valence-electron chi connectivity index (χ1n) is 14.0. The molecule has 1 fully saturated rings. The number of carboxylic acids is 1. The van der Waals surface area contributed by atoms with Crippen molar-refractivity contribution in [2.75, 3.05) is 31.2 Å². The highest BCUT2D eigenvalue weighted by atomic mass is 35.5. The maximum Gasteiger partial charge on any atom is 0.335 e. The minimum atomic E-state index is -1.03. The van der Waals surface area contributed by atoms with Gasteiger partial charge in [-0.25, -0.2) is 14.2 Å². The van der Waals surface area contributed by atoms with Crippen molar-refractivity contribution in [1.29, 1.82) is 0 Å². The fourth-order valence-electron chi connectivity index (χ4n) is 4.95. The summed E-state index contributed by atoms with van der Waals surface area (Å²) in [4.78, 5) is 23.2. The molecule has 0 saturated carbocycles. The number of hydrazone groups is 1. The van der Waals surface area contributed by atoms with Crippen molar-refractivity contribution in [2.45, 2.75) is 39.1 Å². The number of anilines is 1. The third-order valence-corrected chi connectivity index (χ3v) is 7.53. The molecule has 2 aliphatic rings. The van der Waals surface area contributed by atoms with Gasteiger partial charge in [0.1, 0.15) is 41.7 Å². The van der Waals surface area contributed by atoms with Gasteiger partial charge in [-0.3, -0.25) is 5.01 Å². The van der Waals surface area contributed by atoms with Gasteiger partial charge in [0.2, 0.25) is 5.88 Å². The minimum Gasteiger partial charge on any atom is -0.492 e. The summed E-state index contributed by atoms with van der Waals surface area (Å²) >= 11 is 5.84. The topological polar surface area (TPSA) is 115 Å². The predicted octanol–water partition coefficient (Wildman–Crippen LogP) is 4.95. The zero-order valence-corrected chi connectivity index (χ0v) is 24.2. The number of pyridine rings is 1.